The first-order chi connectivity index (χ1) is 19.0. The van der Waals surface area contributed by atoms with E-state index in [1.165, 1.54) is 0 Å². The molecule has 0 fully saturated rings. The van der Waals surface area contributed by atoms with Gasteiger partial charge in [-0.2, -0.15) is 4.52 Å². The number of amides is 1. The second-order valence-electron chi connectivity index (χ2n) is 9.30. The van der Waals surface area contributed by atoms with Crippen molar-refractivity contribution in [3.8, 4) is 22.9 Å². The van der Waals surface area contributed by atoms with Crippen molar-refractivity contribution in [3.63, 3.8) is 0 Å². The Morgan fingerprint density at radius 3 is 2.46 bits per heavy atom. The van der Waals surface area contributed by atoms with Crippen LogP contribution in [0.3, 0.4) is 0 Å². The number of allylic oxidation sites excluding steroid dienone is 2. The maximum atomic E-state index is 12.3. The minimum Gasteiger partial charge on any atom is -0.497 e. The summed E-state index contributed by atoms with van der Waals surface area (Å²) in [4.78, 5) is 12.3. The molecule has 0 radical (unpaired) electrons. The van der Waals surface area contributed by atoms with Crippen LogP contribution in [0.15, 0.2) is 96.6 Å². The Bertz CT molecular complexity index is 1770. The summed E-state index contributed by atoms with van der Waals surface area (Å²) in [5.74, 6) is 2.17. The number of rotatable bonds is 7. The molecule has 0 bridgehead atoms. The maximum Gasteiger partial charge on any atom is 0.244 e. The molecule has 9 heteroatoms. The number of hydrogen-bond donors (Lipinski definition) is 2. The van der Waals surface area contributed by atoms with E-state index < -0.39 is 11.4 Å². The third-order valence-electron chi connectivity index (χ3n) is 7.00. The first-order valence-corrected chi connectivity index (χ1v) is 12.4. The highest BCUT2D eigenvalue weighted by molar-refractivity contribution is 6.01. The van der Waals surface area contributed by atoms with E-state index in [2.05, 4.69) is 15.5 Å². The number of benzene rings is 3. The van der Waals surface area contributed by atoms with Gasteiger partial charge in [-0.15, -0.1) is 15.3 Å². The van der Waals surface area contributed by atoms with E-state index in [1.807, 2.05) is 84.9 Å². The molecule has 3 aromatic carbocycles. The maximum absolute atomic E-state index is 12.3. The van der Waals surface area contributed by atoms with E-state index >= 15 is 0 Å². The molecule has 0 aliphatic heterocycles. The molecule has 3 N–H and O–H groups in total. The van der Waals surface area contributed by atoms with Crippen molar-refractivity contribution >= 4 is 28.1 Å². The van der Waals surface area contributed by atoms with Gasteiger partial charge < -0.3 is 20.5 Å². The second kappa shape index (κ2) is 9.60. The highest BCUT2D eigenvalue weighted by atomic mass is 16.5. The van der Waals surface area contributed by atoms with Crippen molar-refractivity contribution in [1.82, 2.24) is 19.8 Å². The van der Waals surface area contributed by atoms with Gasteiger partial charge in [-0.25, -0.2) is 0 Å². The van der Waals surface area contributed by atoms with Crippen LogP contribution in [-0.4, -0.2) is 39.9 Å². The highest BCUT2D eigenvalue weighted by Gasteiger charge is 2.35. The van der Waals surface area contributed by atoms with Crippen LogP contribution in [0.2, 0.25) is 0 Å². The predicted octanol–water partition coefficient (Wildman–Crippen LogP) is 4.64. The Hall–Kier alpha value is -5.18. The SMILES string of the molecule is COc1ccc(-c2nnc3c4ccccc4c(NC4(c5cccc(OC)c5)C=CC=C(C(N)=O)C4)nn23)cc1. The number of fused-ring (bicyclic) bond motifs is 3. The average Bonchev–Trinajstić information content (AvgIpc) is 3.41. The number of methoxy groups -OCH3 is 2. The Kier molecular flexibility index (Phi) is 5.95. The monoisotopic (exact) mass is 518 g/mol. The zero-order chi connectivity index (χ0) is 27.0. The van der Waals surface area contributed by atoms with Crippen molar-refractivity contribution < 1.29 is 14.3 Å². The number of carbonyl (C=O) groups is 1. The fourth-order valence-corrected chi connectivity index (χ4v) is 4.98. The van der Waals surface area contributed by atoms with E-state index in [-0.39, 0.29) is 0 Å². The first kappa shape index (κ1) is 24.2. The van der Waals surface area contributed by atoms with E-state index in [0.29, 0.717) is 35.0 Å². The zero-order valence-corrected chi connectivity index (χ0v) is 21.5. The number of nitrogens with zero attached hydrogens (tertiary/aromatic N) is 4. The molecular weight excluding hydrogens is 492 g/mol. The average molecular weight is 519 g/mol. The van der Waals surface area contributed by atoms with Gasteiger partial charge in [0.05, 0.1) is 19.8 Å². The second-order valence-corrected chi connectivity index (χ2v) is 9.30. The van der Waals surface area contributed by atoms with Gasteiger partial charge in [-0.3, -0.25) is 4.79 Å². The summed E-state index contributed by atoms with van der Waals surface area (Å²) in [6.07, 6.45) is 5.94. The molecular formula is C30H26N6O3. The van der Waals surface area contributed by atoms with Gasteiger partial charge in [0.25, 0.3) is 0 Å². The third-order valence-corrected chi connectivity index (χ3v) is 7.00. The lowest BCUT2D eigenvalue weighted by Crippen LogP contribution is -2.37. The van der Waals surface area contributed by atoms with E-state index in [1.54, 1.807) is 24.8 Å². The van der Waals surface area contributed by atoms with Crippen LogP contribution in [0.25, 0.3) is 27.8 Å². The molecule has 2 heterocycles. The molecule has 0 saturated heterocycles. The normalized spacial score (nSPS) is 16.7. The van der Waals surface area contributed by atoms with Gasteiger partial charge in [0.15, 0.2) is 17.3 Å². The molecule has 0 saturated carbocycles. The Labute approximate surface area is 224 Å². The van der Waals surface area contributed by atoms with E-state index in [4.69, 9.17) is 20.3 Å². The number of hydrogen-bond acceptors (Lipinski definition) is 7. The smallest absolute Gasteiger partial charge is 0.244 e. The van der Waals surface area contributed by atoms with Crippen LogP contribution < -0.4 is 20.5 Å². The van der Waals surface area contributed by atoms with Crippen LogP contribution >= 0.6 is 0 Å². The third kappa shape index (κ3) is 4.23. The van der Waals surface area contributed by atoms with Gasteiger partial charge in [0.2, 0.25) is 5.91 Å². The molecule has 1 unspecified atom stereocenters. The zero-order valence-electron chi connectivity index (χ0n) is 21.5. The Morgan fingerprint density at radius 2 is 1.72 bits per heavy atom. The van der Waals surface area contributed by atoms with Crippen LogP contribution in [0.1, 0.15) is 12.0 Å². The molecule has 9 nitrogen and oxygen atoms in total. The number of ether oxygens (including phenoxy) is 2. The van der Waals surface area contributed by atoms with Crippen molar-refractivity contribution in [2.24, 2.45) is 5.73 Å². The quantitative estimate of drug-likeness (QED) is 0.322. The fraction of sp³-hybridized carbons (Fsp3) is 0.133. The molecule has 1 aliphatic carbocycles. The standard InChI is InChI=1S/C30H26N6O3/c1-38-22-14-12-19(13-15-22)28-33-34-29-25-11-4-3-10-24(25)27(35-36(28)29)32-30(16-6-7-20(18-30)26(31)37)21-8-5-9-23(17-21)39-2/h3-17H,18H2,1-2H3,(H2,31,37)(H,32,35). The lowest BCUT2D eigenvalue weighted by molar-refractivity contribution is -0.114. The summed E-state index contributed by atoms with van der Waals surface area (Å²) in [7, 11) is 3.25. The largest absolute Gasteiger partial charge is 0.497 e. The van der Waals surface area contributed by atoms with Crippen molar-refractivity contribution in [1.29, 1.82) is 0 Å². The lowest BCUT2D eigenvalue weighted by Gasteiger charge is -2.35. The van der Waals surface area contributed by atoms with Crippen LogP contribution in [0.5, 0.6) is 11.5 Å². The Morgan fingerprint density at radius 1 is 0.949 bits per heavy atom. The summed E-state index contributed by atoms with van der Waals surface area (Å²) in [6, 6.07) is 23.2. The molecule has 2 aromatic heterocycles. The molecule has 39 heavy (non-hydrogen) atoms. The van der Waals surface area contributed by atoms with Crippen molar-refractivity contribution in [2.75, 3.05) is 19.5 Å². The summed E-state index contributed by atoms with van der Waals surface area (Å²) < 4.78 is 12.6. The van der Waals surface area contributed by atoms with Crippen LogP contribution in [0.4, 0.5) is 5.82 Å². The molecule has 1 aliphatic rings. The number of anilines is 1. The van der Waals surface area contributed by atoms with Gasteiger partial charge in [-0.1, -0.05) is 54.6 Å². The minimum atomic E-state index is -0.828. The minimum absolute atomic E-state index is 0.327. The summed E-state index contributed by atoms with van der Waals surface area (Å²) in [6.45, 7) is 0. The predicted molar refractivity (Wildman–Crippen MR) is 150 cm³/mol. The molecule has 0 spiro atoms. The van der Waals surface area contributed by atoms with Gasteiger partial charge in [0, 0.05) is 28.3 Å². The summed E-state index contributed by atoms with van der Waals surface area (Å²) in [5, 5.41) is 19.4. The van der Waals surface area contributed by atoms with E-state index in [9.17, 15) is 4.79 Å². The van der Waals surface area contributed by atoms with Gasteiger partial charge in [0.1, 0.15) is 11.5 Å². The summed E-state index contributed by atoms with van der Waals surface area (Å²) in [5.41, 5.74) is 7.78. The molecule has 5 aromatic rings. The number of aromatic nitrogens is 4. The van der Waals surface area contributed by atoms with Gasteiger partial charge >= 0.3 is 0 Å². The lowest BCUT2D eigenvalue weighted by atomic mass is 9.80. The van der Waals surface area contributed by atoms with Crippen molar-refractivity contribution in [2.45, 2.75) is 12.0 Å². The molecule has 1 amide bonds. The molecule has 1 atom stereocenters. The van der Waals surface area contributed by atoms with E-state index in [0.717, 1.165) is 27.6 Å². The van der Waals surface area contributed by atoms with Crippen LogP contribution in [-0.2, 0) is 10.3 Å². The number of nitrogens with two attached hydrogens (primary N) is 1. The number of nitrogens with one attached hydrogen (secondary N) is 1. The molecule has 6 rings (SSSR count). The van der Waals surface area contributed by atoms with Gasteiger partial charge in [-0.05, 0) is 42.0 Å². The summed E-state index contributed by atoms with van der Waals surface area (Å²) >= 11 is 0. The Balaban J connectivity index is 1.55. The first-order valence-electron chi connectivity index (χ1n) is 12.4. The van der Waals surface area contributed by atoms with Crippen LogP contribution in [0, 0.1) is 0 Å². The highest BCUT2D eigenvalue weighted by Crippen LogP contribution is 2.39. The number of primary amides is 1. The topological polar surface area (TPSA) is 117 Å². The number of carbonyl (C=O) groups excluding carboxylic acids is 1. The van der Waals surface area contributed by atoms with Crippen molar-refractivity contribution in [3.05, 3.63) is 102 Å². The fourth-order valence-electron chi connectivity index (χ4n) is 4.98. The molecule has 194 valence electrons.